The number of aromatic nitrogens is 1. The molecule has 120 valence electrons. The van der Waals surface area contributed by atoms with E-state index in [9.17, 15) is 9.59 Å². The summed E-state index contributed by atoms with van der Waals surface area (Å²) in [5.74, 6) is -0.212. The van der Waals surface area contributed by atoms with Crippen LogP contribution in [0, 0.1) is 4.84 Å². The van der Waals surface area contributed by atoms with Gasteiger partial charge < -0.3 is 19.6 Å². The second kappa shape index (κ2) is 5.49. The number of hydrogen-bond donors (Lipinski definition) is 2. The van der Waals surface area contributed by atoms with Crippen LogP contribution in [0.3, 0.4) is 0 Å². The fourth-order valence-electron chi connectivity index (χ4n) is 2.65. The molecule has 0 atom stereocenters. The Kier molecular flexibility index (Phi) is 3.45. The first-order valence-electron chi connectivity index (χ1n) is 7.83. The third-order valence-electron chi connectivity index (χ3n) is 4.17. The van der Waals surface area contributed by atoms with Crippen molar-refractivity contribution in [3.8, 4) is 0 Å². The molecule has 2 aliphatic carbocycles. The molecule has 6 nitrogen and oxygen atoms in total. The summed E-state index contributed by atoms with van der Waals surface area (Å²) in [6.45, 7) is 0.120. The van der Waals surface area contributed by atoms with Crippen molar-refractivity contribution < 1.29 is 14.0 Å². The predicted molar refractivity (Wildman–Crippen MR) is 86.6 cm³/mol. The van der Waals surface area contributed by atoms with E-state index in [0.29, 0.717) is 17.2 Å². The maximum absolute atomic E-state index is 12.8. The van der Waals surface area contributed by atoms with Gasteiger partial charge in [-0.05, 0) is 56.1 Å². The lowest BCUT2D eigenvalue weighted by molar-refractivity contribution is -0.122. The molecule has 23 heavy (non-hydrogen) atoms. The third-order valence-corrected chi connectivity index (χ3v) is 4.36. The molecule has 0 radical (unpaired) electrons. The molecule has 7 heteroatoms. The highest BCUT2D eigenvalue weighted by atomic mass is 32.1. The molecule has 1 heterocycles. The van der Waals surface area contributed by atoms with Crippen LogP contribution in [0.5, 0.6) is 0 Å². The smallest absolute Gasteiger partial charge is 0.266 e. The van der Waals surface area contributed by atoms with E-state index in [1.165, 1.54) is 0 Å². The number of H-pyrrole nitrogens is 1. The number of nitrogens with one attached hydrogen (secondary N) is 2. The molecule has 2 aliphatic rings. The molecule has 2 aromatic rings. The van der Waals surface area contributed by atoms with Gasteiger partial charge in [0.1, 0.15) is 6.54 Å². The van der Waals surface area contributed by atoms with Gasteiger partial charge in [0.2, 0.25) is 5.91 Å². The molecule has 1 aromatic heterocycles. The minimum atomic E-state index is -0.136. The Balaban J connectivity index is 1.55. The number of carbonyl (C=O) groups is 2. The van der Waals surface area contributed by atoms with Gasteiger partial charge in [0.25, 0.3) is 10.7 Å². The Labute approximate surface area is 137 Å². The summed E-state index contributed by atoms with van der Waals surface area (Å²) in [5.41, 5.74) is 1.83. The quantitative estimate of drug-likeness (QED) is 0.825. The van der Waals surface area contributed by atoms with Crippen LogP contribution in [0.15, 0.2) is 22.6 Å². The highest BCUT2D eigenvalue weighted by Gasteiger charge is 2.35. The van der Waals surface area contributed by atoms with Crippen molar-refractivity contribution in [3.05, 3.63) is 28.6 Å². The molecular formula is C16H17N3O3S. The fraction of sp³-hybridized carbons (Fsp3) is 0.438. The van der Waals surface area contributed by atoms with Gasteiger partial charge in [-0.15, -0.1) is 0 Å². The van der Waals surface area contributed by atoms with Gasteiger partial charge in [-0.3, -0.25) is 9.59 Å². The Morgan fingerprint density at radius 1 is 1.30 bits per heavy atom. The van der Waals surface area contributed by atoms with E-state index >= 15 is 0 Å². The zero-order valence-electron chi connectivity index (χ0n) is 12.5. The number of carbonyl (C=O) groups excluding carboxylic acids is 2. The Bertz CT molecular complexity index is 832. The fourth-order valence-corrected chi connectivity index (χ4v) is 2.85. The highest BCUT2D eigenvalue weighted by molar-refractivity contribution is 7.71. The molecule has 2 fully saturated rings. The van der Waals surface area contributed by atoms with Crippen molar-refractivity contribution in [1.29, 1.82) is 0 Å². The number of benzene rings is 1. The lowest BCUT2D eigenvalue weighted by Crippen LogP contribution is -2.42. The lowest BCUT2D eigenvalue weighted by atomic mass is 10.1. The van der Waals surface area contributed by atoms with Crippen molar-refractivity contribution in [3.63, 3.8) is 0 Å². The first-order valence-corrected chi connectivity index (χ1v) is 8.24. The van der Waals surface area contributed by atoms with E-state index in [1.54, 1.807) is 23.1 Å². The maximum Gasteiger partial charge on any atom is 0.266 e. The van der Waals surface area contributed by atoms with Crippen molar-refractivity contribution in [1.82, 2.24) is 15.2 Å². The lowest BCUT2D eigenvalue weighted by Gasteiger charge is -2.22. The van der Waals surface area contributed by atoms with Gasteiger partial charge in [-0.1, -0.05) is 0 Å². The zero-order valence-corrected chi connectivity index (χ0v) is 13.3. The third kappa shape index (κ3) is 3.14. The molecular weight excluding hydrogens is 314 g/mol. The van der Waals surface area contributed by atoms with Gasteiger partial charge in [0.15, 0.2) is 5.58 Å². The van der Waals surface area contributed by atoms with Crippen LogP contribution in [0.4, 0.5) is 0 Å². The molecule has 2 saturated carbocycles. The normalized spacial score (nSPS) is 17.2. The summed E-state index contributed by atoms with van der Waals surface area (Å²) in [4.78, 5) is 29.7. The van der Waals surface area contributed by atoms with Crippen LogP contribution < -0.4 is 5.32 Å². The van der Waals surface area contributed by atoms with Crippen LogP contribution >= 0.6 is 12.2 Å². The van der Waals surface area contributed by atoms with E-state index in [0.717, 1.165) is 31.2 Å². The highest BCUT2D eigenvalue weighted by Crippen LogP contribution is 2.29. The number of rotatable bonds is 5. The monoisotopic (exact) mass is 331 g/mol. The Hall–Kier alpha value is -2.15. The standard InChI is InChI=1S/C16H17N3O3S/c20-14(17-10-2-3-10)8-19(11-4-5-11)15(21)9-1-6-12-13(7-9)22-16(23)18-12/h1,6-7,10-11H,2-5,8H2,(H,17,20)(H,18,23). The average molecular weight is 331 g/mol. The van der Waals surface area contributed by atoms with Gasteiger partial charge in [0.05, 0.1) is 5.52 Å². The predicted octanol–water partition coefficient (Wildman–Crippen LogP) is 2.37. The topological polar surface area (TPSA) is 78.3 Å². The summed E-state index contributed by atoms with van der Waals surface area (Å²) in [7, 11) is 0. The number of amides is 2. The Morgan fingerprint density at radius 3 is 2.78 bits per heavy atom. The van der Waals surface area contributed by atoms with Crippen molar-refractivity contribution in [2.45, 2.75) is 37.8 Å². The van der Waals surface area contributed by atoms with Crippen LogP contribution in [0.25, 0.3) is 11.1 Å². The van der Waals surface area contributed by atoms with E-state index < -0.39 is 0 Å². The average Bonchev–Trinajstić information content (AvgIpc) is 3.42. The van der Waals surface area contributed by atoms with Crippen molar-refractivity contribution in [2.24, 2.45) is 0 Å². The summed E-state index contributed by atoms with van der Waals surface area (Å²) in [5, 5.41) is 2.94. The molecule has 2 amide bonds. The maximum atomic E-state index is 12.8. The molecule has 0 aliphatic heterocycles. The molecule has 0 bridgehead atoms. The van der Waals surface area contributed by atoms with E-state index in [-0.39, 0.29) is 29.2 Å². The minimum Gasteiger partial charge on any atom is -0.429 e. The summed E-state index contributed by atoms with van der Waals surface area (Å²) in [6.07, 6.45) is 3.99. The van der Waals surface area contributed by atoms with Crippen LogP contribution in [0.1, 0.15) is 36.0 Å². The largest absolute Gasteiger partial charge is 0.429 e. The zero-order chi connectivity index (χ0) is 16.0. The number of oxazole rings is 1. The number of aromatic amines is 1. The number of nitrogens with zero attached hydrogens (tertiary/aromatic N) is 1. The SMILES string of the molecule is O=C(CN(C(=O)c1ccc2[nH]c(=S)oc2c1)C1CC1)NC1CC1. The number of fused-ring (bicyclic) bond motifs is 1. The van der Waals surface area contributed by atoms with Crippen molar-refractivity contribution in [2.75, 3.05) is 6.54 Å². The second-order valence-corrected chi connectivity index (χ2v) is 6.60. The van der Waals surface area contributed by atoms with Crippen LogP contribution in [-0.4, -0.2) is 40.3 Å². The molecule has 0 spiro atoms. The minimum absolute atomic E-state index is 0.0759. The van der Waals surface area contributed by atoms with Gasteiger partial charge in [-0.25, -0.2) is 0 Å². The van der Waals surface area contributed by atoms with Crippen molar-refractivity contribution >= 4 is 35.1 Å². The van der Waals surface area contributed by atoms with E-state index in [1.807, 2.05) is 0 Å². The molecule has 4 rings (SSSR count). The van der Waals surface area contributed by atoms with Gasteiger partial charge >= 0.3 is 0 Å². The molecule has 1 aromatic carbocycles. The molecule has 0 unspecified atom stereocenters. The Morgan fingerprint density at radius 2 is 2.09 bits per heavy atom. The van der Waals surface area contributed by atoms with Crippen LogP contribution in [0.2, 0.25) is 0 Å². The first kappa shape index (κ1) is 14.4. The van der Waals surface area contributed by atoms with Gasteiger partial charge in [-0.2, -0.15) is 0 Å². The molecule has 0 saturated heterocycles. The van der Waals surface area contributed by atoms with E-state index in [2.05, 4.69) is 10.3 Å². The summed E-state index contributed by atoms with van der Waals surface area (Å²) < 4.78 is 5.37. The van der Waals surface area contributed by atoms with E-state index in [4.69, 9.17) is 16.6 Å². The number of hydrogen-bond acceptors (Lipinski definition) is 4. The summed E-state index contributed by atoms with van der Waals surface area (Å²) >= 11 is 4.96. The first-order chi connectivity index (χ1) is 11.1. The van der Waals surface area contributed by atoms with Gasteiger partial charge in [0, 0.05) is 17.6 Å². The van der Waals surface area contributed by atoms with Crippen LogP contribution in [-0.2, 0) is 4.79 Å². The molecule has 2 N–H and O–H groups in total. The summed E-state index contributed by atoms with van der Waals surface area (Å²) in [6, 6.07) is 5.66. The second-order valence-electron chi connectivity index (χ2n) is 6.23.